The Hall–Kier alpha value is -3.51. The molecule has 184 valence electrons. The van der Waals surface area contributed by atoms with Gasteiger partial charge in [0.15, 0.2) is 0 Å². The maximum atomic E-state index is 13.9. The Balaban J connectivity index is 1.44. The molecule has 0 saturated carbocycles. The number of urea groups is 1. The number of amides is 2. The Labute approximate surface area is 217 Å². The SMILES string of the molecule is CN(C)c1ccc([C@@H]2c3cccn3-c3sc4c(c3CN2C(=O)NCc2ccccc2)CCCC4)cc1. The highest BCUT2D eigenvalue weighted by molar-refractivity contribution is 7.15. The molecule has 0 saturated heterocycles. The van der Waals surface area contributed by atoms with Gasteiger partial charge in [-0.25, -0.2) is 4.79 Å². The largest absolute Gasteiger partial charge is 0.378 e. The van der Waals surface area contributed by atoms with Crippen LogP contribution in [-0.4, -0.2) is 29.6 Å². The Bertz CT molecular complexity index is 1370. The minimum Gasteiger partial charge on any atom is -0.378 e. The van der Waals surface area contributed by atoms with Crippen LogP contribution in [-0.2, 0) is 25.9 Å². The maximum absolute atomic E-state index is 13.9. The second kappa shape index (κ2) is 9.51. The molecule has 0 bridgehead atoms. The summed E-state index contributed by atoms with van der Waals surface area (Å²) >= 11 is 1.92. The van der Waals surface area contributed by atoms with Crippen LogP contribution < -0.4 is 10.2 Å². The van der Waals surface area contributed by atoms with Crippen LogP contribution >= 0.6 is 11.3 Å². The quantitative estimate of drug-likeness (QED) is 0.360. The Morgan fingerprint density at radius 3 is 2.53 bits per heavy atom. The Morgan fingerprint density at radius 1 is 0.972 bits per heavy atom. The van der Waals surface area contributed by atoms with E-state index < -0.39 is 0 Å². The highest BCUT2D eigenvalue weighted by atomic mass is 32.1. The van der Waals surface area contributed by atoms with Crippen LogP contribution in [0.2, 0.25) is 0 Å². The van der Waals surface area contributed by atoms with E-state index in [1.54, 1.807) is 0 Å². The Kier molecular flexibility index (Phi) is 6.05. The molecule has 0 fully saturated rings. The molecule has 0 spiro atoms. The monoisotopic (exact) mass is 496 g/mol. The highest BCUT2D eigenvalue weighted by Gasteiger charge is 2.36. The summed E-state index contributed by atoms with van der Waals surface area (Å²) in [5, 5.41) is 4.51. The normalized spacial score (nSPS) is 16.5. The smallest absolute Gasteiger partial charge is 0.318 e. The topological polar surface area (TPSA) is 40.5 Å². The van der Waals surface area contributed by atoms with Crippen molar-refractivity contribution in [1.82, 2.24) is 14.8 Å². The van der Waals surface area contributed by atoms with Crippen LogP contribution in [0.5, 0.6) is 0 Å². The van der Waals surface area contributed by atoms with Crippen molar-refractivity contribution in [3.8, 4) is 5.00 Å². The summed E-state index contributed by atoms with van der Waals surface area (Å²) in [5.74, 6) is 0. The average Bonchev–Trinajstić information content (AvgIpc) is 3.50. The average molecular weight is 497 g/mol. The molecule has 0 unspecified atom stereocenters. The molecular weight excluding hydrogens is 464 g/mol. The van der Waals surface area contributed by atoms with Crippen molar-refractivity contribution in [2.45, 2.75) is 44.8 Å². The molecule has 2 amide bonds. The molecule has 2 aliphatic rings. The number of rotatable bonds is 4. The van der Waals surface area contributed by atoms with Crippen LogP contribution in [0.25, 0.3) is 5.00 Å². The molecule has 3 heterocycles. The minimum atomic E-state index is -0.175. The van der Waals surface area contributed by atoms with E-state index in [9.17, 15) is 4.79 Å². The Morgan fingerprint density at radius 2 is 1.75 bits per heavy atom. The zero-order valence-electron chi connectivity index (χ0n) is 20.9. The van der Waals surface area contributed by atoms with Crippen molar-refractivity contribution < 1.29 is 4.79 Å². The van der Waals surface area contributed by atoms with Gasteiger partial charge in [0, 0.05) is 43.0 Å². The lowest BCUT2D eigenvalue weighted by Crippen LogP contribution is -2.41. The first-order valence-corrected chi connectivity index (χ1v) is 13.6. The van der Waals surface area contributed by atoms with Crippen molar-refractivity contribution in [2.24, 2.45) is 0 Å². The number of carbonyl (C=O) groups excluding carboxylic acids is 1. The third-order valence-corrected chi connectivity index (χ3v) is 8.78. The lowest BCUT2D eigenvalue weighted by Gasteiger charge is -2.31. The van der Waals surface area contributed by atoms with Gasteiger partial charge in [-0.1, -0.05) is 42.5 Å². The van der Waals surface area contributed by atoms with Crippen molar-refractivity contribution in [3.63, 3.8) is 0 Å². The van der Waals surface area contributed by atoms with Crippen molar-refractivity contribution in [1.29, 1.82) is 0 Å². The van der Waals surface area contributed by atoms with Gasteiger partial charge in [-0.2, -0.15) is 0 Å². The van der Waals surface area contributed by atoms with Crippen molar-refractivity contribution in [3.05, 3.63) is 106 Å². The van der Waals surface area contributed by atoms with E-state index in [-0.39, 0.29) is 12.1 Å². The molecule has 5 nitrogen and oxygen atoms in total. The summed E-state index contributed by atoms with van der Waals surface area (Å²) in [5.41, 5.74) is 7.32. The van der Waals surface area contributed by atoms with Gasteiger partial charge in [0.1, 0.15) is 5.00 Å². The first-order valence-electron chi connectivity index (χ1n) is 12.8. The van der Waals surface area contributed by atoms with Gasteiger partial charge >= 0.3 is 6.03 Å². The lowest BCUT2D eigenvalue weighted by atomic mass is 9.95. The first kappa shape index (κ1) is 22.9. The van der Waals surface area contributed by atoms with Gasteiger partial charge < -0.3 is 19.7 Å². The molecule has 1 aliphatic heterocycles. The van der Waals surface area contributed by atoms with Gasteiger partial charge in [0.2, 0.25) is 0 Å². The van der Waals surface area contributed by atoms with Gasteiger partial charge in [-0.15, -0.1) is 11.3 Å². The molecule has 6 rings (SSSR count). The first-order chi connectivity index (χ1) is 17.6. The zero-order chi connectivity index (χ0) is 24.6. The summed E-state index contributed by atoms with van der Waals surface area (Å²) in [7, 11) is 4.10. The summed E-state index contributed by atoms with van der Waals surface area (Å²) in [6.07, 6.45) is 6.92. The number of thiophene rings is 1. The second-order valence-corrected chi connectivity index (χ2v) is 11.0. The number of aromatic nitrogens is 1. The molecule has 1 atom stereocenters. The number of anilines is 1. The fourth-order valence-corrected chi connectivity index (χ4v) is 6.97. The molecule has 4 aromatic rings. The van der Waals surface area contributed by atoms with Crippen LogP contribution in [0.4, 0.5) is 10.5 Å². The van der Waals surface area contributed by atoms with Crippen molar-refractivity contribution >= 4 is 23.1 Å². The zero-order valence-corrected chi connectivity index (χ0v) is 21.7. The lowest BCUT2D eigenvalue weighted by molar-refractivity contribution is 0.180. The van der Waals surface area contributed by atoms with Gasteiger partial charge in [-0.3, -0.25) is 0 Å². The van der Waals surface area contributed by atoms with E-state index in [4.69, 9.17) is 0 Å². The molecule has 6 heteroatoms. The minimum absolute atomic E-state index is 0.0306. The van der Waals surface area contributed by atoms with Crippen molar-refractivity contribution in [2.75, 3.05) is 19.0 Å². The van der Waals surface area contributed by atoms with Crippen LogP contribution in [0.3, 0.4) is 0 Å². The summed E-state index contributed by atoms with van der Waals surface area (Å²) in [4.78, 5) is 19.6. The van der Waals surface area contributed by atoms with E-state index in [1.807, 2.05) is 34.4 Å². The number of nitrogens with one attached hydrogen (secondary N) is 1. The molecule has 36 heavy (non-hydrogen) atoms. The number of benzene rings is 2. The van der Waals surface area contributed by atoms with Gasteiger partial charge in [-0.05, 0) is 66.6 Å². The third-order valence-electron chi connectivity index (χ3n) is 7.45. The molecule has 0 radical (unpaired) electrons. The number of carbonyl (C=O) groups is 1. The standard InChI is InChI=1S/C30H32N4OS/c1-32(2)23-16-14-22(15-17-23)28-26-12-8-18-33(26)29-25(24-11-6-7-13-27(24)36-29)20-34(28)30(35)31-19-21-9-4-3-5-10-21/h3-5,8-10,12,14-18,28H,6-7,11,13,19-20H2,1-2H3,(H,31,35)/t28-/m1/s1. The molecule has 1 N–H and O–H groups in total. The van der Waals surface area contributed by atoms with E-state index in [0.717, 1.165) is 35.3 Å². The number of nitrogens with zero attached hydrogens (tertiary/aromatic N) is 3. The molecule has 2 aromatic carbocycles. The van der Waals surface area contributed by atoms with Crippen LogP contribution in [0.1, 0.15) is 51.7 Å². The second-order valence-electron chi connectivity index (χ2n) is 9.96. The maximum Gasteiger partial charge on any atom is 0.318 e. The van der Waals surface area contributed by atoms with E-state index in [0.29, 0.717) is 13.1 Å². The third kappa shape index (κ3) is 4.09. The predicted octanol–water partition coefficient (Wildman–Crippen LogP) is 6.30. The molecule has 2 aromatic heterocycles. The van der Waals surface area contributed by atoms with Crippen LogP contribution in [0, 0.1) is 0 Å². The molecular formula is C30H32N4OS. The van der Waals surface area contributed by atoms with E-state index >= 15 is 0 Å². The molecule has 1 aliphatic carbocycles. The van der Waals surface area contributed by atoms with Gasteiger partial charge in [0.25, 0.3) is 0 Å². The number of aryl methyl sites for hydroxylation is 1. The summed E-state index contributed by atoms with van der Waals surface area (Å²) < 4.78 is 2.34. The number of hydrogen-bond donors (Lipinski definition) is 1. The number of hydrogen-bond acceptors (Lipinski definition) is 3. The fraction of sp³-hybridized carbons (Fsp3) is 0.300. The predicted molar refractivity (Wildman–Crippen MR) is 147 cm³/mol. The number of fused-ring (bicyclic) bond motifs is 5. The summed E-state index contributed by atoms with van der Waals surface area (Å²) in [6.45, 7) is 1.13. The summed E-state index contributed by atoms with van der Waals surface area (Å²) in [6, 6.07) is 22.9. The fourth-order valence-electron chi connectivity index (χ4n) is 5.57. The van der Waals surface area contributed by atoms with Crippen LogP contribution in [0.15, 0.2) is 72.9 Å². The highest BCUT2D eigenvalue weighted by Crippen LogP contribution is 2.44. The van der Waals surface area contributed by atoms with E-state index in [2.05, 4.69) is 83.6 Å². The van der Waals surface area contributed by atoms with Gasteiger partial charge in [0.05, 0.1) is 18.3 Å². The van der Waals surface area contributed by atoms with E-state index in [1.165, 1.54) is 33.8 Å².